The van der Waals surface area contributed by atoms with Crippen LogP contribution in [-0.4, -0.2) is 55.1 Å². The molecule has 1 atom stereocenters. The van der Waals surface area contributed by atoms with Gasteiger partial charge < -0.3 is 20.4 Å². The molecule has 0 bridgehead atoms. The van der Waals surface area contributed by atoms with Crippen LogP contribution in [0.15, 0.2) is 65.2 Å². The monoisotopic (exact) mass is 529 g/mol. The lowest BCUT2D eigenvalue weighted by Gasteiger charge is -2.16. The van der Waals surface area contributed by atoms with E-state index in [1.165, 1.54) is 24.0 Å². The molecule has 5 rings (SSSR count). The SMILES string of the molecule is CC(=O)Nc1ccc2oc(-c3ccnc(C(=O)NCCNC(c4nnn(C)n4)c4ccccc4F)c3)nc2c1. The van der Waals surface area contributed by atoms with Crippen LogP contribution in [0.25, 0.3) is 22.6 Å². The molecule has 2 amide bonds. The van der Waals surface area contributed by atoms with Crippen LogP contribution >= 0.6 is 0 Å². The third kappa shape index (κ3) is 5.93. The number of anilines is 1. The number of pyridine rings is 1. The fraction of sp³-hybridized carbons (Fsp3) is 0.192. The van der Waals surface area contributed by atoms with Crippen LogP contribution in [-0.2, 0) is 11.8 Å². The summed E-state index contributed by atoms with van der Waals surface area (Å²) in [5, 5.41) is 20.7. The number of aromatic nitrogens is 6. The van der Waals surface area contributed by atoms with Crippen molar-refractivity contribution in [3.05, 3.63) is 83.7 Å². The molecule has 3 N–H and O–H groups in total. The van der Waals surface area contributed by atoms with Crippen LogP contribution in [0.4, 0.5) is 10.1 Å². The van der Waals surface area contributed by atoms with Crippen LogP contribution < -0.4 is 16.0 Å². The van der Waals surface area contributed by atoms with Gasteiger partial charge in [-0.15, -0.1) is 10.2 Å². The van der Waals surface area contributed by atoms with Crippen molar-refractivity contribution in [2.75, 3.05) is 18.4 Å². The van der Waals surface area contributed by atoms with Gasteiger partial charge in [-0.1, -0.05) is 18.2 Å². The van der Waals surface area contributed by atoms with Crippen LogP contribution in [0.3, 0.4) is 0 Å². The molecule has 39 heavy (non-hydrogen) atoms. The van der Waals surface area contributed by atoms with Gasteiger partial charge in [-0.2, -0.15) is 4.80 Å². The Kier molecular flexibility index (Phi) is 7.32. The number of tetrazole rings is 1. The minimum atomic E-state index is -0.649. The third-order valence-corrected chi connectivity index (χ3v) is 5.70. The number of halogens is 1. The van der Waals surface area contributed by atoms with Crippen LogP contribution in [0.1, 0.15) is 34.8 Å². The Hall–Kier alpha value is -5.04. The summed E-state index contributed by atoms with van der Waals surface area (Å²) in [6.45, 7) is 1.95. The smallest absolute Gasteiger partial charge is 0.269 e. The summed E-state index contributed by atoms with van der Waals surface area (Å²) in [5.41, 5.74) is 2.82. The maximum absolute atomic E-state index is 14.5. The van der Waals surface area contributed by atoms with Gasteiger partial charge in [0.1, 0.15) is 17.0 Å². The molecule has 0 radical (unpaired) electrons. The largest absolute Gasteiger partial charge is 0.436 e. The standard InChI is InChI=1S/C26H24FN9O3/c1-15(37)31-17-7-8-22-20(14-17)32-26(39-22)16-9-10-28-21(13-16)25(38)30-12-11-29-23(24-33-35-36(2)34-24)18-5-3-4-6-19(18)27/h3-10,13-14,23,29H,11-12H2,1-2H3,(H,30,38)(H,31,37). The van der Waals surface area contributed by atoms with Crippen LogP contribution in [0.2, 0.25) is 0 Å². The second-order valence-corrected chi connectivity index (χ2v) is 8.61. The highest BCUT2D eigenvalue weighted by molar-refractivity contribution is 5.94. The first-order valence-corrected chi connectivity index (χ1v) is 12.0. The van der Waals surface area contributed by atoms with Crippen LogP contribution in [0.5, 0.6) is 0 Å². The van der Waals surface area contributed by atoms with Crippen molar-refractivity contribution in [2.45, 2.75) is 13.0 Å². The molecule has 198 valence electrons. The fourth-order valence-electron chi connectivity index (χ4n) is 3.97. The van der Waals surface area contributed by atoms with Crippen molar-refractivity contribution in [3.63, 3.8) is 0 Å². The number of hydrogen-bond donors (Lipinski definition) is 3. The maximum atomic E-state index is 14.5. The molecule has 2 aromatic carbocycles. The predicted octanol–water partition coefficient (Wildman–Crippen LogP) is 2.62. The number of carbonyl (C=O) groups is 2. The maximum Gasteiger partial charge on any atom is 0.269 e. The molecular weight excluding hydrogens is 505 g/mol. The minimum absolute atomic E-state index is 0.176. The summed E-state index contributed by atoms with van der Waals surface area (Å²) in [5.74, 6) is -0.370. The molecule has 0 spiro atoms. The minimum Gasteiger partial charge on any atom is -0.436 e. The zero-order chi connectivity index (χ0) is 27.4. The molecule has 12 nitrogen and oxygen atoms in total. The highest BCUT2D eigenvalue weighted by Crippen LogP contribution is 2.26. The number of nitrogens with one attached hydrogen (secondary N) is 3. The van der Waals surface area contributed by atoms with Crippen molar-refractivity contribution in [2.24, 2.45) is 7.05 Å². The number of benzene rings is 2. The van der Waals surface area contributed by atoms with E-state index in [9.17, 15) is 14.0 Å². The number of fused-ring (bicyclic) bond motifs is 1. The average Bonchev–Trinajstić information content (AvgIpc) is 3.55. The Morgan fingerprint density at radius 1 is 1.10 bits per heavy atom. The highest BCUT2D eigenvalue weighted by Gasteiger charge is 2.22. The number of amides is 2. The Morgan fingerprint density at radius 2 is 1.95 bits per heavy atom. The number of rotatable bonds is 9. The fourth-order valence-corrected chi connectivity index (χ4v) is 3.97. The first-order chi connectivity index (χ1) is 18.9. The van der Waals surface area contributed by atoms with Crippen molar-refractivity contribution in [1.29, 1.82) is 0 Å². The van der Waals surface area contributed by atoms with Gasteiger partial charge >= 0.3 is 0 Å². The molecule has 0 saturated heterocycles. The molecule has 3 aromatic heterocycles. The zero-order valence-electron chi connectivity index (χ0n) is 21.1. The van der Waals surface area contributed by atoms with Crippen LogP contribution in [0, 0.1) is 5.82 Å². The normalized spacial score (nSPS) is 11.9. The summed E-state index contributed by atoms with van der Waals surface area (Å²) in [4.78, 5) is 34.1. The van der Waals surface area contributed by atoms with E-state index in [-0.39, 0.29) is 18.1 Å². The van der Waals surface area contributed by atoms with E-state index in [0.717, 1.165) is 0 Å². The average molecular weight is 530 g/mol. The van der Waals surface area contributed by atoms with Crippen molar-refractivity contribution >= 4 is 28.6 Å². The summed E-state index contributed by atoms with van der Waals surface area (Å²) >= 11 is 0. The molecule has 1 unspecified atom stereocenters. The second-order valence-electron chi connectivity index (χ2n) is 8.61. The predicted molar refractivity (Wildman–Crippen MR) is 139 cm³/mol. The van der Waals surface area contributed by atoms with Gasteiger partial charge in [0.25, 0.3) is 5.91 Å². The Labute approximate surface area is 221 Å². The lowest BCUT2D eigenvalue weighted by atomic mass is 10.1. The van der Waals surface area contributed by atoms with E-state index in [1.807, 2.05) is 0 Å². The van der Waals surface area contributed by atoms with Crippen molar-refractivity contribution < 1.29 is 18.4 Å². The highest BCUT2D eigenvalue weighted by atomic mass is 19.1. The molecule has 0 aliphatic carbocycles. The van der Waals surface area contributed by atoms with Gasteiger partial charge in [0.15, 0.2) is 11.4 Å². The number of nitrogens with zero attached hydrogens (tertiary/aromatic N) is 6. The summed E-state index contributed by atoms with van der Waals surface area (Å²) < 4.78 is 20.3. The van der Waals surface area contributed by atoms with Gasteiger partial charge in [0.2, 0.25) is 11.8 Å². The lowest BCUT2D eigenvalue weighted by molar-refractivity contribution is -0.114. The van der Waals surface area contributed by atoms with Gasteiger partial charge in [-0.3, -0.25) is 14.6 Å². The number of hydrogen-bond acceptors (Lipinski definition) is 9. The van der Waals surface area contributed by atoms with E-state index in [0.29, 0.717) is 46.2 Å². The molecule has 0 aliphatic rings. The van der Waals surface area contributed by atoms with E-state index in [2.05, 4.69) is 41.3 Å². The molecule has 13 heteroatoms. The molecule has 0 saturated carbocycles. The first kappa shape index (κ1) is 25.6. The van der Waals surface area contributed by atoms with E-state index < -0.39 is 17.8 Å². The van der Waals surface area contributed by atoms with Gasteiger partial charge in [-0.25, -0.2) is 9.37 Å². The number of aryl methyl sites for hydroxylation is 1. The second kappa shape index (κ2) is 11.1. The Morgan fingerprint density at radius 3 is 2.72 bits per heavy atom. The molecule has 3 heterocycles. The third-order valence-electron chi connectivity index (χ3n) is 5.70. The van der Waals surface area contributed by atoms with Crippen molar-refractivity contribution in [1.82, 2.24) is 40.8 Å². The molecule has 0 aliphatic heterocycles. The Bertz CT molecular complexity index is 1650. The van der Waals surface area contributed by atoms with Gasteiger partial charge in [-0.05, 0) is 41.6 Å². The van der Waals surface area contributed by atoms with Crippen molar-refractivity contribution in [3.8, 4) is 11.5 Å². The summed E-state index contributed by atoms with van der Waals surface area (Å²) in [6.07, 6.45) is 1.49. The summed E-state index contributed by atoms with van der Waals surface area (Å²) in [6, 6.07) is 14.1. The first-order valence-electron chi connectivity index (χ1n) is 12.0. The Balaban J connectivity index is 1.24. The quantitative estimate of drug-likeness (QED) is 0.245. The van der Waals surface area contributed by atoms with Gasteiger partial charge in [0.05, 0.1) is 13.1 Å². The molecule has 5 aromatic rings. The topological polar surface area (TPSA) is 153 Å². The molecule has 0 fully saturated rings. The zero-order valence-corrected chi connectivity index (χ0v) is 21.1. The summed E-state index contributed by atoms with van der Waals surface area (Å²) in [7, 11) is 1.63. The van der Waals surface area contributed by atoms with E-state index in [1.54, 1.807) is 55.6 Å². The van der Waals surface area contributed by atoms with Gasteiger partial charge in [0, 0.05) is 43.0 Å². The number of carbonyl (C=O) groups excluding carboxylic acids is 2. The molecular formula is C26H24FN9O3. The van der Waals surface area contributed by atoms with E-state index in [4.69, 9.17) is 4.42 Å². The lowest BCUT2D eigenvalue weighted by Crippen LogP contribution is -2.35. The number of oxazole rings is 1. The van der Waals surface area contributed by atoms with E-state index >= 15 is 0 Å².